The van der Waals surface area contributed by atoms with Crippen molar-refractivity contribution in [3.63, 3.8) is 0 Å². The molecule has 0 saturated heterocycles. The summed E-state index contributed by atoms with van der Waals surface area (Å²) >= 11 is 0. The Hall–Kier alpha value is -2.31. The third kappa shape index (κ3) is 4.82. The number of rotatable bonds is 6. The fourth-order valence-corrected chi connectivity index (χ4v) is 1.49. The molecular weight excluding hydrogens is 248 g/mol. The van der Waals surface area contributed by atoms with Crippen LogP contribution in [0.1, 0.15) is 30.6 Å². The number of hydrogen-bond donors (Lipinski definition) is 4. The molecule has 104 valence electrons. The van der Waals surface area contributed by atoms with Gasteiger partial charge in [0.25, 0.3) is 0 Å². The van der Waals surface area contributed by atoms with Crippen molar-refractivity contribution in [3.8, 4) is 0 Å². The van der Waals surface area contributed by atoms with E-state index in [0.29, 0.717) is 12.2 Å². The first kappa shape index (κ1) is 14.7. The number of nitrogen functional groups attached to an aromatic ring is 1. The zero-order chi connectivity index (χ0) is 14.4. The van der Waals surface area contributed by atoms with Crippen LogP contribution in [-0.4, -0.2) is 34.6 Å². The van der Waals surface area contributed by atoms with E-state index in [2.05, 4.69) is 15.6 Å². The molecule has 1 amide bonds. The third-order valence-electron chi connectivity index (χ3n) is 2.27. The molecule has 7 nitrogen and oxygen atoms in total. The van der Waals surface area contributed by atoms with E-state index >= 15 is 0 Å². The van der Waals surface area contributed by atoms with Crippen LogP contribution in [0.5, 0.6) is 0 Å². The second-order valence-corrected chi connectivity index (χ2v) is 4.36. The summed E-state index contributed by atoms with van der Waals surface area (Å²) in [5.74, 6) is -1.05. The minimum absolute atomic E-state index is 0.0387. The molecule has 0 radical (unpaired) electrons. The Bertz CT molecular complexity index is 474. The Labute approximate surface area is 111 Å². The maximum absolute atomic E-state index is 11.4. The van der Waals surface area contributed by atoms with E-state index in [-0.39, 0.29) is 29.8 Å². The summed E-state index contributed by atoms with van der Waals surface area (Å²) in [6.45, 7) is 4.07. The van der Waals surface area contributed by atoms with Crippen LogP contribution >= 0.6 is 0 Å². The number of aromatic carboxylic acids is 1. The quantitative estimate of drug-likeness (QED) is 0.601. The monoisotopic (exact) mass is 266 g/mol. The highest BCUT2D eigenvalue weighted by molar-refractivity contribution is 5.94. The average molecular weight is 266 g/mol. The van der Waals surface area contributed by atoms with Gasteiger partial charge in [-0.25, -0.2) is 9.78 Å². The van der Waals surface area contributed by atoms with E-state index < -0.39 is 5.97 Å². The summed E-state index contributed by atoms with van der Waals surface area (Å²) in [7, 11) is 0. The van der Waals surface area contributed by atoms with E-state index in [1.165, 1.54) is 12.3 Å². The Balaban J connectivity index is 2.58. The molecule has 0 spiro atoms. The van der Waals surface area contributed by atoms with Gasteiger partial charge >= 0.3 is 5.97 Å². The fourth-order valence-electron chi connectivity index (χ4n) is 1.49. The maximum Gasteiger partial charge on any atom is 0.337 e. The maximum atomic E-state index is 11.4. The summed E-state index contributed by atoms with van der Waals surface area (Å²) in [5.41, 5.74) is 5.82. The minimum Gasteiger partial charge on any atom is -0.478 e. The number of pyridine rings is 1. The lowest BCUT2D eigenvalue weighted by Crippen LogP contribution is -2.31. The fraction of sp³-hybridized carbons (Fsp3) is 0.417. The molecule has 1 aromatic heterocycles. The molecule has 0 unspecified atom stereocenters. The number of nitrogens with zero attached hydrogens (tertiary/aromatic N) is 1. The zero-order valence-corrected chi connectivity index (χ0v) is 10.9. The molecule has 1 heterocycles. The highest BCUT2D eigenvalue weighted by atomic mass is 16.4. The van der Waals surface area contributed by atoms with E-state index in [0.717, 1.165) is 0 Å². The summed E-state index contributed by atoms with van der Waals surface area (Å²) in [6.07, 6.45) is 1.60. The lowest BCUT2D eigenvalue weighted by Gasteiger charge is -2.11. The van der Waals surface area contributed by atoms with Gasteiger partial charge in [-0.2, -0.15) is 0 Å². The van der Waals surface area contributed by atoms with Crippen LogP contribution in [0.15, 0.2) is 12.3 Å². The van der Waals surface area contributed by atoms with Crippen molar-refractivity contribution >= 4 is 23.4 Å². The molecule has 7 heteroatoms. The van der Waals surface area contributed by atoms with Crippen LogP contribution in [0.3, 0.4) is 0 Å². The van der Waals surface area contributed by atoms with Gasteiger partial charge in [-0.15, -0.1) is 0 Å². The van der Waals surface area contributed by atoms with Crippen molar-refractivity contribution in [3.05, 3.63) is 17.8 Å². The first-order valence-corrected chi connectivity index (χ1v) is 5.92. The molecule has 0 aromatic carbocycles. The van der Waals surface area contributed by atoms with Crippen LogP contribution in [0.4, 0.5) is 11.5 Å². The zero-order valence-electron chi connectivity index (χ0n) is 10.9. The Morgan fingerprint density at radius 3 is 2.74 bits per heavy atom. The normalized spacial score (nSPS) is 10.3. The van der Waals surface area contributed by atoms with Gasteiger partial charge < -0.3 is 21.5 Å². The molecule has 0 atom stereocenters. The first-order valence-electron chi connectivity index (χ1n) is 5.92. The smallest absolute Gasteiger partial charge is 0.337 e. The third-order valence-corrected chi connectivity index (χ3v) is 2.27. The number of amides is 1. The van der Waals surface area contributed by atoms with Gasteiger partial charge in [-0.3, -0.25) is 4.79 Å². The van der Waals surface area contributed by atoms with Crippen LogP contribution in [0, 0.1) is 0 Å². The predicted molar refractivity (Wildman–Crippen MR) is 72.0 cm³/mol. The number of nitrogens with one attached hydrogen (secondary N) is 2. The number of carbonyl (C=O) groups excluding carboxylic acids is 1. The molecule has 19 heavy (non-hydrogen) atoms. The number of hydrogen-bond acceptors (Lipinski definition) is 5. The van der Waals surface area contributed by atoms with E-state index in [1.54, 1.807) is 0 Å². The largest absolute Gasteiger partial charge is 0.478 e. The highest BCUT2D eigenvalue weighted by Crippen LogP contribution is 2.16. The molecule has 0 fully saturated rings. The molecule has 1 aromatic rings. The SMILES string of the molecule is CC(C)NC(=O)CCNc1cnc(N)cc1C(=O)O. The van der Waals surface area contributed by atoms with Gasteiger partial charge in [-0.05, 0) is 19.9 Å². The predicted octanol–water partition coefficient (Wildman–Crippen LogP) is 0.689. The van der Waals surface area contributed by atoms with Crippen molar-refractivity contribution in [1.29, 1.82) is 0 Å². The van der Waals surface area contributed by atoms with E-state index in [4.69, 9.17) is 10.8 Å². The molecule has 0 aliphatic carbocycles. The number of carboxylic acids is 1. The van der Waals surface area contributed by atoms with Crippen molar-refractivity contribution < 1.29 is 14.7 Å². The van der Waals surface area contributed by atoms with Crippen molar-refractivity contribution in [2.24, 2.45) is 0 Å². The number of carbonyl (C=O) groups is 2. The van der Waals surface area contributed by atoms with Crippen molar-refractivity contribution in [2.45, 2.75) is 26.3 Å². The summed E-state index contributed by atoms with van der Waals surface area (Å²) < 4.78 is 0. The molecule has 0 bridgehead atoms. The van der Waals surface area contributed by atoms with E-state index in [9.17, 15) is 9.59 Å². The minimum atomic E-state index is -1.09. The molecule has 0 saturated carbocycles. The molecule has 5 N–H and O–H groups in total. The Morgan fingerprint density at radius 1 is 1.47 bits per heavy atom. The topological polar surface area (TPSA) is 117 Å². The summed E-state index contributed by atoms with van der Waals surface area (Å²) in [5, 5.41) is 14.6. The Morgan fingerprint density at radius 2 is 2.16 bits per heavy atom. The molecule has 0 aliphatic rings. The number of carboxylic acid groups (broad SMARTS) is 1. The van der Waals surface area contributed by atoms with Gasteiger partial charge in [-0.1, -0.05) is 0 Å². The van der Waals surface area contributed by atoms with Gasteiger partial charge in [0, 0.05) is 19.0 Å². The standard InChI is InChI=1S/C12H18N4O3/c1-7(2)16-11(17)3-4-14-9-6-15-10(13)5-8(9)12(18)19/h5-7,14H,3-4H2,1-2H3,(H2,13,15)(H,16,17)(H,18,19). The number of anilines is 2. The summed E-state index contributed by atoms with van der Waals surface area (Å²) in [6, 6.07) is 1.36. The molecular formula is C12H18N4O3. The van der Waals surface area contributed by atoms with Gasteiger partial charge in [0.2, 0.25) is 5.91 Å². The molecule has 0 aliphatic heterocycles. The van der Waals surface area contributed by atoms with Crippen molar-refractivity contribution in [2.75, 3.05) is 17.6 Å². The van der Waals surface area contributed by atoms with Crippen molar-refractivity contribution in [1.82, 2.24) is 10.3 Å². The van der Waals surface area contributed by atoms with E-state index in [1.807, 2.05) is 13.8 Å². The van der Waals surface area contributed by atoms with Gasteiger partial charge in [0.15, 0.2) is 0 Å². The van der Waals surface area contributed by atoms with Crippen LogP contribution in [0.2, 0.25) is 0 Å². The number of nitrogens with two attached hydrogens (primary N) is 1. The number of aromatic nitrogens is 1. The van der Waals surface area contributed by atoms with Crippen LogP contribution in [-0.2, 0) is 4.79 Å². The highest BCUT2D eigenvalue weighted by Gasteiger charge is 2.11. The molecule has 1 rings (SSSR count). The Kier molecular flexibility index (Phi) is 5.11. The second-order valence-electron chi connectivity index (χ2n) is 4.36. The van der Waals surface area contributed by atoms with Gasteiger partial charge in [0.1, 0.15) is 5.82 Å². The van der Waals surface area contributed by atoms with Crippen LogP contribution in [0.25, 0.3) is 0 Å². The average Bonchev–Trinajstić information content (AvgIpc) is 2.29. The first-order chi connectivity index (χ1) is 8.90. The summed E-state index contributed by atoms with van der Waals surface area (Å²) in [4.78, 5) is 26.2. The van der Waals surface area contributed by atoms with Crippen LogP contribution < -0.4 is 16.4 Å². The lowest BCUT2D eigenvalue weighted by atomic mass is 10.2. The van der Waals surface area contributed by atoms with Gasteiger partial charge in [0.05, 0.1) is 17.4 Å². The second kappa shape index (κ2) is 6.58. The lowest BCUT2D eigenvalue weighted by molar-refractivity contribution is -0.121.